The zero-order valence-corrected chi connectivity index (χ0v) is 11.3. The van der Waals surface area contributed by atoms with Gasteiger partial charge in [0, 0.05) is 12.1 Å². The monoisotopic (exact) mass is 264 g/mol. The molecule has 1 heterocycles. The standard InChI is InChI=1S/C15H21FN2O/c1-11-9-13(16)4-5-14(11)15(19)18-8-6-12-3-2-7-17-10-12/h4-5,9,12,17H,2-3,6-8,10H2,1H3,(H,18,19). The number of hydrogen-bond donors (Lipinski definition) is 2. The quantitative estimate of drug-likeness (QED) is 0.875. The highest BCUT2D eigenvalue weighted by atomic mass is 19.1. The fourth-order valence-corrected chi connectivity index (χ4v) is 2.54. The number of halogens is 1. The molecule has 1 aromatic carbocycles. The van der Waals surface area contributed by atoms with Crippen LogP contribution in [0.2, 0.25) is 0 Å². The van der Waals surface area contributed by atoms with Gasteiger partial charge in [0.2, 0.25) is 0 Å². The Kier molecular flexibility index (Phi) is 4.91. The largest absolute Gasteiger partial charge is 0.352 e. The molecular formula is C15H21FN2O. The van der Waals surface area contributed by atoms with Gasteiger partial charge >= 0.3 is 0 Å². The van der Waals surface area contributed by atoms with Gasteiger partial charge in [-0.25, -0.2) is 4.39 Å². The molecule has 2 rings (SSSR count). The van der Waals surface area contributed by atoms with Gasteiger partial charge in [-0.3, -0.25) is 4.79 Å². The maximum atomic E-state index is 13.0. The van der Waals surface area contributed by atoms with Gasteiger partial charge < -0.3 is 10.6 Å². The molecule has 1 amide bonds. The number of benzene rings is 1. The molecule has 1 aromatic rings. The van der Waals surface area contributed by atoms with Crippen LogP contribution in [0.5, 0.6) is 0 Å². The lowest BCUT2D eigenvalue weighted by molar-refractivity contribution is 0.0950. The van der Waals surface area contributed by atoms with Crippen LogP contribution in [0.4, 0.5) is 4.39 Å². The third-order valence-electron chi connectivity index (χ3n) is 3.67. The molecule has 0 saturated carbocycles. The number of carbonyl (C=O) groups is 1. The summed E-state index contributed by atoms with van der Waals surface area (Å²) in [5.41, 5.74) is 1.24. The first-order valence-corrected chi connectivity index (χ1v) is 6.92. The lowest BCUT2D eigenvalue weighted by Crippen LogP contribution is -2.33. The molecule has 0 radical (unpaired) electrons. The molecule has 1 atom stereocenters. The van der Waals surface area contributed by atoms with Gasteiger partial charge in [-0.2, -0.15) is 0 Å². The van der Waals surface area contributed by atoms with E-state index in [-0.39, 0.29) is 11.7 Å². The van der Waals surface area contributed by atoms with Crippen LogP contribution in [0.1, 0.15) is 35.2 Å². The number of nitrogens with one attached hydrogen (secondary N) is 2. The Labute approximate surface area is 113 Å². The second kappa shape index (κ2) is 6.66. The van der Waals surface area contributed by atoms with Crippen LogP contribution >= 0.6 is 0 Å². The Balaban J connectivity index is 1.80. The third-order valence-corrected chi connectivity index (χ3v) is 3.67. The van der Waals surface area contributed by atoms with Crippen molar-refractivity contribution < 1.29 is 9.18 Å². The highest BCUT2D eigenvalue weighted by Gasteiger charge is 2.14. The molecule has 0 bridgehead atoms. The van der Waals surface area contributed by atoms with Crippen molar-refractivity contribution in [2.45, 2.75) is 26.2 Å². The first-order valence-electron chi connectivity index (χ1n) is 6.92. The summed E-state index contributed by atoms with van der Waals surface area (Å²) in [6.45, 7) is 4.59. The number of aryl methyl sites for hydroxylation is 1. The van der Waals surface area contributed by atoms with Crippen LogP contribution in [0.25, 0.3) is 0 Å². The van der Waals surface area contributed by atoms with E-state index in [1.165, 1.54) is 25.0 Å². The zero-order valence-electron chi connectivity index (χ0n) is 11.3. The van der Waals surface area contributed by atoms with Crippen LogP contribution in [-0.4, -0.2) is 25.5 Å². The summed E-state index contributed by atoms with van der Waals surface area (Å²) in [4.78, 5) is 12.0. The average molecular weight is 264 g/mol. The van der Waals surface area contributed by atoms with Crippen molar-refractivity contribution in [2.75, 3.05) is 19.6 Å². The third kappa shape index (κ3) is 4.03. The lowest BCUT2D eigenvalue weighted by Gasteiger charge is -2.22. The molecule has 1 unspecified atom stereocenters. The predicted octanol–water partition coefficient (Wildman–Crippen LogP) is 2.25. The van der Waals surface area contributed by atoms with Crippen LogP contribution in [-0.2, 0) is 0 Å². The van der Waals surface area contributed by atoms with E-state index in [0.29, 0.717) is 23.6 Å². The summed E-state index contributed by atoms with van der Waals surface area (Å²) in [5.74, 6) is 0.243. The van der Waals surface area contributed by atoms with Gasteiger partial charge in [0.05, 0.1) is 0 Å². The Bertz CT molecular complexity index is 442. The molecule has 4 heteroatoms. The van der Waals surface area contributed by atoms with Gasteiger partial charge in [0.25, 0.3) is 5.91 Å². The van der Waals surface area contributed by atoms with E-state index in [4.69, 9.17) is 0 Å². The van der Waals surface area contributed by atoms with E-state index in [1.54, 1.807) is 13.0 Å². The average Bonchev–Trinajstić information content (AvgIpc) is 2.39. The van der Waals surface area contributed by atoms with Crippen molar-refractivity contribution in [3.8, 4) is 0 Å². The van der Waals surface area contributed by atoms with Gasteiger partial charge in [0.1, 0.15) is 5.82 Å². The SMILES string of the molecule is Cc1cc(F)ccc1C(=O)NCCC1CCCNC1. The van der Waals surface area contributed by atoms with Crippen molar-refractivity contribution in [3.05, 3.63) is 35.1 Å². The Morgan fingerprint density at radius 3 is 3.05 bits per heavy atom. The summed E-state index contributed by atoms with van der Waals surface area (Å²) in [6.07, 6.45) is 3.45. The normalized spacial score (nSPS) is 19.2. The van der Waals surface area contributed by atoms with E-state index >= 15 is 0 Å². The summed E-state index contributed by atoms with van der Waals surface area (Å²) < 4.78 is 13.0. The predicted molar refractivity (Wildman–Crippen MR) is 73.7 cm³/mol. The molecule has 0 aliphatic carbocycles. The summed E-state index contributed by atoms with van der Waals surface area (Å²) in [6, 6.07) is 4.26. The van der Waals surface area contributed by atoms with Crippen molar-refractivity contribution in [1.82, 2.24) is 10.6 Å². The molecule has 0 aromatic heterocycles. The molecule has 104 valence electrons. The van der Waals surface area contributed by atoms with Gasteiger partial charge in [0.15, 0.2) is 0 Å². The maximum Gasteiger partial charge on any atom is 0.251 e. The lowest BCUT2D eigenvalue weighted by atomic mass is 9.96. The van der Waals surface area contributed by atoms with Gasteiger partial charge in [-0.1, -0.05) is 0 Å². The van der Waals surface area contributed by atoms with Crippen molar-refractivity contribution in [3.63, 3.8) is 0 Å². The second-order valence-corrected chi connectivity index (χ2v) is 5.22. The molecule has 3 nitrogen and oxygen atoms in total. The fraction of sp³-hybridized carbons (Fsp3) is 0.533. The van der Waals surface area contributed by atoms with Crippen LogP contribution in [0.15, 0.2) is 18.2 Å². The van der Waals surface area contributed by atoms with E-state index in [0.717, 1.165) is 19.5 Å². The van der Waals surface area contributed by atoms with Crippen molar-refractivity contribution in [2.24, 2.45) is 5.92 Å². The van der Waals surface area contributed by atoms with E-state index < -0.39 is 0 Å². The number of rotatable bonds is 4. The maximum absolute atomic E-state index is 13.0. The first kappa shape index (κ1) is 14.0. The van der Waals surface area contributed by atoms with Crippen LogP contribution in [0.3, 0.4) is 0 Å². The number of hydrogen-bond acceptors (Lipinski definition) is 2. The van der Waals surface area contributed by atoms with E-state index in [2.05, 4.69) is 10.6 Å². The minimum atomic E-state index is -0.303. The Hall–Kier alpha value is -1.42. The Morgan fingerprint density at radius 1 is 1.53 bits per heavy atom. The van der Waals surface area contributed by atoms with Crippen molar-refractivity contribution in [1.29, 1.82) is 0 Å². The van der Waals surface area contributed by atoms with Gasteiger partial charge in [-0.15, -0.1) is 0 Å². The van der Waals surface area contributed by atoms with E-state index in [1.807, 2.05) is 0 Å². The highest BCUT2D eigenvalue weighted by molar-refractivity contribution is 5.95. The molecule has 2 N–H and O–H groups in total. The number of carbonyl (C=O) groups excluding carboxylic acids is 1. The van der Waals surface area contributed by atoms with Crippen LogP contribution in [0, 0.1) is 18.7 Å². The summed E-state index contributed by atoms with van der Waals surface area (Å²) in [7, 11) is 0. The van der Waals surface area contributed by atoms with Crippen LogP contribution < -0.4 is 10.6 Å². The fourth-order valence-electron chi connectivity index (χ4n) is 2.54. The van der Waals surface area contributed by atoms with Crippen molar-refractivity contribution >= 4 is 5.91 Å². The molecule has 1 aliphatic heterocycles. The molecular weight excluding hydrogens is 243 g/mol. The molecule has 1 aliphatic rings. The van der Waals surface area contributed by atoms with E-state index in [9.17, 15) is 9.18 Å². The first-order chi connectivity index (χ1) is 9.16. The highest BCUT2D eigenvalue weighted by Crippen LogP contribution is 2.13. The zero-order chi connectivity index (χ0) is 13.7. The minimum Gasteiger partial charge on any atom is -0.352 e. The summed E-state index contributed by atoms with van der Waals surface area (Å²) >= 11 is 0. The summed E-state index contributed by atoms with van der Waals surface area (Å²) in [5, 5.41) is 6.28. The number of piperidine rings is 1. The molecule has 19 heavy (non-hydrogen) atoms. The second-order valence-electron chi connectivity index (χ2n) is 5.22. The number of amides is 1. The molecule has 0 spiro atoms. The molecule has 1 saturated heterocycles. The minimum absolute atomic E-state index is 0.110. The smallest absolute Gasteiger partial charge is 0.251 e. The van der Waals surface area contributed by atoms with Gasteiger partial charge in [-0.05, 0) is 69.0 Å². The topological polar surface area (TPSA) is 41.1 Å². The molecule has 1 fully saturated rings. The Morgan fingerprint density at radius 2 is 2.37 bits per heavy atom.